The zero-order valence-corrected chi connectivity index (χ0v) is 9.90. The molecule has 0 unspecified atom stereocenters. The van der Waals surface area contributed by atoms with Gasteiger partial charge in [0.05, 0.1) is 5.52 Å². The summed E-state index contributed by atoms with van der Waals surface area (Å²) >= 11 is 0. The molecule has 1 aliphatic heterocycles. The summed E-state index contributed by atoms with van der Waals surface area (Å²) in [7, 11) is 1.78. The van der Waals surface area contributed by atoms with Crippen molar-refractivity contribution in [3.63, 3.8) is 0 Å². The minimum Gasteiger partial charge on any atom is -0.408 e. The quantitative estimate of drug-likeness (QED) is 0.812. The summed E-state index contributed by atoms with van der Waals surface area (Å²) in [4.78, 5) is 11.6. The molecule has 0 spiro atoms. The smallest absolute Gasteiger partial charge is 0.408 e. The molecule has 2 heterocycles. The summed E-state index contributed by atoms with van der Waals surface area (Å²) in [5, 5.41) is 3.36. The summed E-state index contributed by atoms with van der Waals surface area (Å²) in [6, 6.07) is 5.96. The van der Waals surface area contributed by atoms with Gasteiger partial charge < -0.3 is 9.73 Å². The van der Waals surface area contributed by atoms with E-state index < -0.39 is 0 Å². The molecule has 1 aromatic carbocycles. The van der Waals surface area contributed by atoms with E-state index in [1.165, 1.54) is 5.56 Å². The monoisotopic (exact) mass is 232 g/mol. The van der Waals surface area contributed by atoms with Crippen molar-refractivity contribution in [3.8, 4) is 0 Å². The van der Waals surface area contributed by atoms with Gasteiger partial charge in [-0.05, 0) is 43.5 Å². The topological polar surface area (TPSA) is 47.2 Å². The normalized spacial score (nSPS) is 17.7. The van der Waals surface area contributed by atoms with Gasteiger partial charge in [-0.2, -0.15) is 0 Å². The van der Waals surface area contributed by atoms with Gasteiger partial charge in [-0.1, -0.05) is 12.1 Å². The molecule has 0 saturated carbocycles. The van der Waals surface area contributed by atoms with E-state index in [0.717, 1.165) is 31.4 Å². The first kappa shape index (κ1) is 10.6. The first-order valence-corrected chi connectivity index (χ1v) is 6.06. The molecule has 3 rings (SSSR count). The highest BCUT2D eigenvalue weighted by molar-refractivity contribution is 5.77. The lowest BCUT2D eigenvalue weighted by Crippen LogP contribution is -2.27. The van der Waals surface area contributed by atoms with Crippen molar-refractivity contribution in [2.45, 2.75) is 18.8 Å². The standard InChI is InChI=1S/C13H16N2O2/c1-15-12-10(9-5-7-14-8-6-9)3-2-4-11(12)17-13(15)16/h2-4,9,14H,5-8H2,1H3. The molecule has 1 saturated heterocycles. The second-order valence-electron chi connectivity index (χ2n) is 4.65. The van der Waals surface area contributed by atoms with Gasteiger partial charge in [0.1, 0.15) is 0 Å². The van der Waals surface area contributed by atoms with Crippen LogP contribution in [0.4, 0.5) is 0 Å². The summed E-state index contributed by atoms with van der Waals surface area (Å²) < 4.78 is 6.84. The fourth-order valence-corrected chi connectivity index (χ4v) is 2.70. The molecule has 0 bridgehead atoms. The van der Waals surface area contributed by atoms with E-state index >= 15 is 0 Å². The van der Waals surface area contributed by atoms with Gasteiger partial charge in [0.25, 0.3) is 0 Å². The number of hydrogen-bond donors (Lipinski definition) is 1. The lowest BCUT2D eigenvalue weighted by Gasteiger charge is -2.23. The minimum absolute atomic E-state index is 0.276. The lowest BCUT2D eigenvalue weighted by atomic mass is 9.89. The van der Waals surface area contributed by atoms with E-state index in [0.29, 0.717) is 11.5 Å². The Morgan fingerprint density at radius 1 is 1.35 bits per heavy atom. The van der Waals surface area contributed by atoms with Crippen LogP contribution >= 0.6 is 0 Å². The maximum Gasteiger partial charge on any atom is 0.419 e. The van der Waals surface area contributed by atoms with Crippen molar-refractivity contribution in [3.05, 3.63) is 34.3 Å². The molecule has 2 aromatic rings. The Kier molecular flexibility index (Phi) is 2.52. The predicted octanol–water partition coefficient (Wildman–Crippen LogP) is 1.60. The van der Waals surface area contributed by atoms with E-state index in [9.17, 15) is 4.79 Å². The number of piperidine rings is 1. The van der Waals surface area contributed by atoms with Gasteiger partial charge in [0.15, 0.2) is 5.58 Å². The molecule has 1 aromatic heterocycles. The van der Waals surface area contributed by atoms with Gasteiger partial charge in [-0.25, -0.2) is 4.79 Å². The van der Waals surface area contributed by atoms with Crippen molar-refractivity contribution in [2.75, 3.05) is 13.1 Å². The van der Waals surface area contributed by atoms with Gasteiger partial charge in [0, 0.05) is 7.05 Å². The number of benzene rings is 1. The van der Waals surface area contributed by atoms with E-state index in [4.69, 9.17) is 4.42 Å². The van der Waals surface area contributed by atoms with Crippen molar-refractivity contribution < 1.29 is 4.42 Å². The van der Waals surface area contributed by atoms with E-state index in [-0.39, 0.29) is 5.76 Å². The Hall–Kier alpha value is -1.55. The third kappa shape index (κ3) is 1.69. The molecule has 1 aliphatic rings. The summed E-state index contributed by atoms with van der Waals surface area (Å²) in [6.07, 6.45) is 2.25. The second-order valence-corrected chi connectivity index (χ2v) is 4.65. The Bertz CT molecular complexity index is 591. The largest absolute Gasteiger partial charge is 0.419 e. The first-order valence-electron chi connectivity index (χ1n) is 6.06. The number of aryl methyl sites for hydroxylation is 1. The molecule has 0 atom stereocenters. The molecule has 0 aliphatic carbocycles. The van der Waals surface area contributed by atoms with E-state index in [1.807, 2.05) is 12.1 Å². The molecule has 90 valence electrons. The SMILES string of the molecule is Cn1c(=O)oc2cccc(C3CCNCC3)c21. The van der Waals surface area contributed by atoms with Crippen LogP contribution in [0.1, 0.15) is 24.3 Å². The molecule has 0 amide bonds. The second kappa shape index (κ2) is 4.04. The van der Waals surface area contributed by atoms with Crippen LogP contribution in [-0.4, -0.2) is 17.7 Å². The van der Waals surface area contributed by atoms with E-state index in [1.54, 1.807) is 11.6 Å². The minimum atomic E-state index is -0.276. The Labute approximate surface area is 99.2 Å². The fourth-order valence-electron chi connectivity index (χ4n) is 2.70. The predicted molar refractivity (Wildman–Crippen MR) is 66.3 cm³/mol. The maximum atomic E-state index is 11.6. The molecule has 1 fully saturated rings. The highest BCUT2D eigenvalue weighted by Gasteiger charge is 2.20. The van der Waals surface area contributed by atoms with Crippen LogP contribution in [0.2, 0.25) is 0 Å². The zero-order chi connectivity index (χ0) is 11.8. The van der Waals surface area contributed by atoms with Crippen LogP contribution in [0.15, 0.2) is 27.4 Å². The average Bonchev–Trinajstić information content (AvgIpc) is 2.66. The van der Waals surface area contributed by atoms with Crippen LogP contribution in [0.5, 0.6) is 0 Å². The average molecular weight is 232 g/mol. The van der Waals surface area contributed by atoms with Crippen LogP contribution in [-0.2, 0) is 7.05 Å². The van der Waals surface area contributed by atoms with Crippen LogP contribution in [0.25, 0.3) is 11.1 Å². The third-order valence-corrected chi connectivity index (χ3v) is 3.62. The van der Waals surface area contributed by atoms with Crippen LogP contribution in [0, 0.1) is 0 Å². The van der Waals surface area contributed by atoms with Gasteiger partial charge in [-0.3, -0.25) is 4.57 Å². The molecule has 4 heteroatoms. The number of nitrogens with one attached hydrogen (secondary N) is 1. The summed E-state index contributed by atoms with van der Waals surface area (Å²) in [5.41, 5.74) is 2.91. The summed E-state index contributed by atoms with van der Waals surface area (Å²) in [5.74, 6) is 0.254. The van der Waals surface area contributed by atoms with Gasteiger partial charge in [-0.15, -0.1) is 0 Å². The fraction of sp³-hybridized carbons (Fsp3) is 0.462. The molecular formula is C13H16N2O2. The van der Waals surface area contributed by atoms with Crippen molar-refractivity contribution in [1.82, 2.24) is 9.88 Å². The summed E-state index contributed by atoms with van der Waals surface area (Å²) in [6.45, 7) is 2.10. The van der Waals surface area contributed by atoms with Gasteiger partial charge in [0.2, 0.25) is 0 Å². The molecule has 0 radical (unpaired) electrons. The number of fused-ring (bicyclic) bond motifs is 1. The molecule has 1 N–H and O–H groups in total. The number of oxazole rings is 1. The van der Waals surface area contributed by atoms with Gasteiger partial charge >= 0.3 is 5.76 Å². The number of aromatic nitrogens is 1. The Morgan fingerprint density at radius 3 is 2.88 bits per heavy atom. The Balaban J connectivity index is 2.18. The number of nitrogens with zero attached hydrogens (tertiary/aromatic N) is 1. The van der Waals surface area contributed by atoms with E-state index in [2.05, 4.69) is 11.4 Å². The van der Waals surface area contributed by atoms with Crippen molar-refractivity contribution in [2.24, 2.45) is 7.05 Å². The number of hydrogen-bond acceptors (Lipinski definition) is 3. The van der Waals surface area contributed by atoms with Crippen molar-refractivity contribution in [1.29, 1.82) is 0 Å². The molecular weight excluding hydrogens is 216 g/mol. The van der Waals surface area contributed by atoms with Crippen LogP contribution < -0.4 is 11.1 Å². The molecule has 17 heavy (non-hydrogen) atoms. The third-order valence-electron chi connectivity index (χ3n) is 3.62. The number of para-hydroxylation sites is 1. The lowest BCUT2D eigenvalue weighted by molar-refractivity contribution is 0.461. The van der Waals surface area contributed by atoms with Crippen LogP contribution in [0.3, 0.4) is 0 Å². The molecule has 4 nitrogen and oxygen atoms in total. The first-order chi connectivity index (χ1) is 8.27. The maximum absolute atomic E-state index is 11.6. The Morgan fingerprint density at radius 2 is 2.12 bits per heavy atom. The zero-order valence-electron chi connectivity index (χ0n) is 9.90. The highest BCUT2D eigenvalue weighted by Crippen LogP contribution is 2.30. The number of rotatable bonds is 1. The van der Waals surface area contributed by atoms with Crippen molar-refractivity contribution >= 4 is 11.1 Å². The highest BCUT2D eigenvalue weighted by atomic mass is 16.4.